The van der Waals surface area contributed by atoms with Crippen LogP contribution < -0.4 is 21.7 Å². The van der Waals surface area contributed by atoms with Crippen LogP contribution in [0, 0.1) is 5.92 Å². The summed E-state index contributed by atoms with van der Waals surface area (Å²) < 4.78 is 0. The number of nitrogens with two attached hydrogens (primary N) is 1. The first-order valence-electron chi connectivity index (χ1n) is 13.2. The highest BCUT2D eigenvalue weighted by Crippen LogP contribution is 2.19. The van der Waals surface area contributed by atoms with E-state index in [1.807, 2.05) is 54.6 Å². The Labute approximate surface area is 236 Å². The first kappa shape index (κ1) is 30.8. The van der Waals surface area contributed by atoms with Gasteiger partial charge in [0, 0.05) is 23.5 Å². The van der Waals surface area contributed by atoms with Crippen molar-refractivity contribution in [2.24, 2.45) is 11.7 Å². The third kappa shape index (κ3) is 8.64. The molecule has 0 radical (unpaired) electrons. The molecule has 4 unspecified atom stereocenters. The molecule has 0 spiro atoms. The number of H-pyrrole nitrogens is 1. The second-order valence-corrected chi connectivity index (χ2v) is 10.1. The molecule has 3 rings (SSSR count). The van der Waals surface area contributed by atoms with Gasteiger partial charge in [-0.1, -0.05) is 62.4 Å². The average Bonchev–Trinajstić information content (AvgIpc) is 3.33. The van der Waals surface area contributed by atoms with Crippen molar-refractivity contribution in [2.75, 3.05) is 0 Å². The van der Waals surface area contributed by atoms with Crippen molar-refractivity contribution in [3.8, 4) is 0 Å². The number of carboxylic acid groups (broad SMARTS) is 2. The molecule has 12 heteroatoms. The lowest BCUT2D eigenvalue weighted by molar-refractivity contribution is -0.147. The minimum Gasteiger partial charge on any atom is -0.481 e. The number of carbonyl (C=O) groups excluding carboxylic acids is 3. The third-order valence-corrected chi connectivity index (χ3v) is 6.61. The summed E-state index contributed by atoms with van der Waals surface area (Å²) in [5.74, 6) is -5.54. The number of hydrogen-bond acceptors (Lipinski definition) is 6. The van der Waals surface area contributed by atoms with Crippen LogP contribution in [0.1, 0.15) is 31.4 Å². The molecule has 1 aromatic heterocycles. The number of aliphatic carboxylic acids is 2. The topological polar surface area (TPSA) is 204 Å². The molecule has 0 saturated heterocycles. The number of carbonyl (C=O) groups is 5. The SMILES string of the molecule is CC(C)C(NC(=O)C(Cc1c[nH]c2ccccc12)NC(=O)C(N)Cc1ccccc1)C(=O)NC(CC(=O)O)C(=O)O. The van der Waals surface area contributed by atoms with Crippen LogP contribution in [0.15, 0.2) is 60.8 Å². The van der Waals surface area contributed by atoms with Gasteiger partial charge < -0.3 is 36.9 Å². The molecule has 41 heavy (non-hydrogen) atoms. The summed E-state index contributed by atoms with van der Waals surface area (Å²) in [6, 6.07) is 11.6. The van der Waals surface area contributed by atoms with Crippen molar-refractivity contribution in [1.29, 1.82) is 0 Å². The molecule has 1 heterocycles. The molecular weight excluding hydrogens is 530 g/mol. The van der Waals surface area contributed by atoms with Crippen molar-refractivity contribution >= 4 is 40.6 Å². The van der Waals surface area contributed by atoms with E-state index in [1.54, 1.807) is 20.0 Å². The lowest BCUT2D eigenvalue weighted by Crippen LogP contribution is -2.59. The van der Waals surface area contributed by atoms with E-state index in [-0.39, 0.29) is 12.8 Å². The van der Waals surface area contributed by atoms with Crippen molar-refractivity contribution in [1.82, 2.24) is 20.9 Å². The highest BCUT2D eigenvalue weighted by Gasteiger charge is 2.33. The van der Waals surface area contributed by atoms with E-state index in [2.05, 4.69) is 20.9 Å². The Balaban J connectivity index is 1.82. The van der Waals surface area contributed by atoms with Gasteiger partial charge in [0.05, 0.1) is 12.5 Å². The van der Waals surface area contributed by atoms with Gasteiger partial charge >= 0.3 is 11.9 Å². The summed E-state index contributed by atoms with van der Waals surface area (Å²) in [5.41, 5.74) is 8.60. The lowest BCUT2D eigenvalue weighted by atomic mass is 9.99. The van der Waals surface area contributed by atoms with Crippen LogP contribution in [0.3, 0.4) is 0 Å². The van der Waals surface area contributed by atoms with Gasteiger partial charge in [-0.3, -0.25) is 19.2 Å². The van der Waals surface area contributed by atoms with Gasteiger partial charge in [0.1, 0.15) is 18.1 Å². The molecule has 4 atom stereocenters. The first-order chi connectivity index (χ1) is 19.5. The second-order valence-electron chi connectivity index (χ2n) is 10.1. The van der Waals surface area contributed by atoms with Gasteiger partial charge in [-0.15, -0.1) is 0 Å². The molecule has 8 N–H and O–H groups in total. The summed E-state index contributed by atoms with van der Waals surface area (Å²) >= 11 is 0. The summed E-state index contributed by atoms with van der Waals surface area (Å²) in [6.07, 6.45) is 1.21. The molecule has 0 aliphatic rings. The summed E-state index contributed by atoms with van der Waals surface area (Å²) in [5, 5.41) is 26.7. The van der Waals surface area contributed by atoms with E-state index in [0.29, 0.717) is 0 Å². The number of amides is 3. The van der Waals surface area contributed by atoms with Crippen molar-refractivity contribution in [2.45, 2.75) is 57.3 Å². The van der Waals surface area contributed by atoms with Crippen LogP contribution in [0.4, 0.5) is 0 Å². The van der Waals surface area contributed by atoms with Crippen molar-refractivity contribution in [3.05, 3.63) is 71.9 Å². The van der Waals surface area contributed by atoms with Crippen LogP contribution in [0.2, 0.25) is 0 Å². The number of fused-ring (bicyclic) bond motifs is 1. The molecule has 2 aromatic carbocycles. The first-order valence-corrected chi connectivity index (χ1v) is 13.2. The highest BCUT2D eigenvalue weighted by molar-refractivity contribution is 5.95. The van der Waals surface area contributed by atoms with E-state index in [4.69, 9.17) is 10.8 Å². The van der Waals surface area contributed by atoms with Gasteiger partial charge in [0.2, 0.25) is 17.7 Å². The number of para-hydroxylation sites is 1. The van der Waals surface area contributed by atoms with Crippen LogP contribution in [-0.4, -0.2) is 69.0 Å². The Kier molecular flexibility index (Phi) is 10.6. The molecule has 0 bridgehead atoms. The van der Waals surface area contributed by atoms with Gasteiger partial charge in [0.25, 0.3) is 0 Å². The molecule has 3 amide bonds. The van der Waals surface area contributed by atoms with E-state index in [9.17, 15) is 29.1 Å². The zero-order valence-corrected chi connectivity index (χ0v) is 22.8. The van der Waals surface area contributed by atoms with Crippen molar-refractivity contribution < 1.29 is 34.2 Å². The van der Waals surface area contributed by atoms with E-state index >= 15 is 0 Å². The number of carboxylic acids is 2. The minimum atomic E-state index is -1.68. The zero-order valence-electron chi connectivity index (χ0n) is 22.8. The van der Waals surface area contributed by atoms with Gasteiger partial charge in [-0.05, 0) is 29.5 Å². The Hall–Kier alpha value is -4.71. The quantitative estimate of drug-likeness (QED) is 0.150. The maximum atomic E-state index is 13.6. The lowest BCUT2D eigenvalue weighted by Gasteiger charge is -2.27. The van der Waals surface area contributed by atoms with E-state index in [0.717, 1.165) is 22.0 Å². The Morgan fingerprint density at radius 2 is 1.44 bits per heavy atom. The van der Waals surface area contributed by atoms with Crippen LogP contribution in [0.25, 0.3) is 10.9 Å². The number of aromatic nitrogens is 1. The zero-order chi connectivity index (χ0) is 30.1. The molecule has 0 aliphatic carbocycles. The smallest absolute Gasteiger partial charge is 0.326 e. The molecular formula is C29H35N5O7. The van der Waals surface area contributed by atoms with Crippen LogP contribution >= 0.6 is 0 Å². The van der Waals surface area contributed by atoms with Crippen molar-refractivity contribution in [3.63, 3.8) is 0 Å². The average molecular weight is 566 g/mol. The number of benzene rings is 2. The molecule has 12 nitrogen and oxygen atoms in total. The minimum absolute atomic E-state index is 0.0723. The molecule has 0 aliphatic heterocycles. The fourth-order valence-electron chi connectivity index (χ4n) is 4.39. The van der Waals surface area contributed by atoms with Gasteiger partial charge in [0.15, 0.2) is 0 Å². The maximum Gasteiger partial charge on any atom is 0.326 e. The summed E-state index contributed by atoms with van der Waals surface area (Å²) in [7, 11) is 0. The predicted octanol–water partition coefficient (Wildman–Crippen LogP) is 0.950. The van der Waals surface area contributed by atoms with Crippen LogP contribution in [-0.2, 0) is 36.8 Å². The normalized spacial score (nSPS) is 14.0. The predicted molar refractivity (Wildman–Crippen MR) is 151 cm³/mol. The standard InChI is InChI=1S/C29H35N5O7/c1-16(2)25(28(39)33-23(29(40)41)14-24(35)36)34-27(38)22(13-18-15-31-21-11-7-6-10-19(18)21)32-26(37)20(30)12-17-8-4-3-5-9-17/h3-11,15-16,20,22-23,25,31H,12-14,30H2,1-2H3,(H,32,37)(H,33,39)(H,34,38)(H,35,36)(H,40,41). The largest absolute Gasteiger partial charge is 0.481 e. The molecule has 3 aromatic rings. The van der Waals surface area contributed by atoms with Crippen LogP contribution in [0.5, 0.6) is 0 Å². The fraction of sp³-hybridized carbons (Fsp3) is 0.345. The molecule has 0 saturated carbocycles. The van der Waals surface area contributed by atoms with Gasteiger partial charge in [-0.25, -0.2) is 4.79 Å². The summed E-state index contributed by atoms with van der Waals surface area (Å²) in [6.45, 7) is 3.28. The van der Waals surface area contributed by atoms with E-state index in [1.165, 1.54) is 0 Å². The summed E-state index contributed by atoms with van der Waals surface area (Å²) in [4.78, 5) is 65.3. The Bertz CT molecular complexity index is 1390. The maximum absolute atomic E-state index is 13.6. The fourth-order valence-corrected chi connectivity index (χ4v) is 4.39. The highest BCUT2D eigenvalue weighted by atomic mass is 16.4. The number of nitrogens with one attached hydrogen (secondary N) is 4. The Morgan fingerprint density at radius 1 is 0.805 bits per heavy atom. The number of rotatable bonds is 14. The number of hydrogen-bond donors (Lipinski definition) is 7. The number of aromatic amines is 1. The molecule has 218 valence electrons. The van der Waals surface area contributed by atoms with Gasteiger partial charge in [-0.2, -0.15) is 0 Å². The molecule has 0 fully saturated rings. The monoisotopic (exact) mass is 565 g/mol. The van der Waals surface area contributed by atoms with E-state index < -0.39 is 66.2 Å². The third-order valence-electron chi connectivity index (χ3n) is 6.61. The second kappa shape index (κ2) is 14.1. The Morgan fingerprint density at radius 3 is 2.07 bits per heavy atom.